The van der Waals surface area contributed by atoms with Crippen molar-refractivity contribution in [2.24, 2.45) is 0 Å². The van der Waals surface area contributed by atoms with E-state index >= 15 is 0 Å². The summed E-state index contributed by atoms with van der Waals surface area (Å²) in [6.07, 6.45) is 0. The lowest BCUT2D eigenvalue weighted by Crippen LogP contribution is -2.42. The zero-order chi connectivity index (χ0) is 11.5. The molecule has 1 aliphatic rings. The van der Waals surface area contributed by atoms with E-state index in [0.717, 1.165) is 32.7 Å². The minimum atomic E-state index is 0. The molecule has 0 spiro atoms. The maximum atomic E-state index is 3.39. The molecule has 1 fully saturated rings. The summed E-state index contributed by atoms with van der Waals surface area (Å²) in [6, 6.07) is 15.4. The summed E-state index contributed by atoms with van der Waals surface area (Å²) >= 11 is 0. The third-order valence-corrected chi connectivity index (χ3v) is 3.43. The number of fused-ring (bicyclic) bond motifs is 1. The molecule has 0 unspecified atom stereocenters. The number of hydrogen-bond acceptors (Lipinski definition) is 2. The van der Waals surface area contributed by atoms with Gasteiger partial charge in [0.2, 0.25) is 0 Å². The van der Waals surface area contributed by atoms with E-state index in [0.29, 0.717) is 0 Å². The van der Waals surface area contributed by atoms with Crippen LogP contribution in [0.3, 0.4) is 0 Å². The first-order chi connectivity index (χ1) is 8.42. The van der Waals surface area contributed by atoms with Gasteiger partial charge in [-0.25, -0.2) is 0 Å². The summed E-state index contributed by atoms with van der Waals surface area (Å²) in [7, 11) is 0. The van der Waals surface area contributed by atoms with Crippen molar-refractivity contribution in [2.75, 3.05) is 26.2 Å². The molecule has 0 radical (unpaired) electrons. The van der Waals surface area contributed by atoms with Crippen molar-refractivity contribution in [3.63, 3.8) is 0 Å². The predicted octanol–water partition coefficient (Wildman–Crippen LogP) is 3.09. The molecule has 0 saturated carbocycles. The standard InChI is InChI=1S/C15H18N2.2ClH/c1-2-4-15-11-13(5-6-14(15)3-1)12-17-9-7-16-8-10-17;;/h1-6,11,16H,7-10,12H2;2*1H. The first-order valence-corrected chi connectivity index (χ1v) is 6.32. The highest BCUT2D eigenvalue weighted by atomic mass is 35.5. The molecule has 0 amide bonds. The summed E-state index contributed by atoms with van der Waals surface area (Å²) in [5.74, 6) is 0. The summed E-state index contributed by atoms with van der Waals surface area (Å²) in [5, 5.41) is 6.07. The summed E-state index contributed by atoms with van der Waals surface area (Å²) in [6.45, 7) is 5.63. The van der Waals surface area contributed by atoms with Gasteiger partial charge in [-0.1, -0.05) is 36.4 Å². The lowest BCUT2D eigenvalue weighted by molar-refractivity contribution is 0.233. The zero-order valence-electron chi connectivity index (χ0n) is 10.8. The molecule has 2 aromatic carbocycles. The van der Waals surface area contributed by atoms with Crippen molar-refractivity contribution < 1.29 is 0 Å². The molecular weight excluding hydrogens is 279 g/mol. The topological polar surface area (TPSA) is 15.3 Å². The summed E-state index contributed by atoms with van der Waals surface area (Å²) in [4.78, 5) is 2.51. The van der Waals surface area contributed by atoms with E-state index in [4.69, 9.17) is 0 Å². The van der Waals surface area contributed by atoms with Gasteiger partial charge in [-0.2, -0.15) is 0 Å². The van der Waals surface area contributed by atoms with Gasteiger partial charge < -0.3 is 5.32 Å². The highest BCUT2D eigenvalue weighted by Crippen LogP contribution is 2.16. The number of nitrogens with zero attached hydrogens (tertiary/aromatic N) is 1. The fourth-order valence-electron chi connectivity index (χ4n) is 2.46. The van der Waals surface area contributed by atoms with Crippen molar-refractivity contribution in [3.8, 4) is 0 Å². The van der Waals surface area contributed by atoms with E-state index in [1.807, 2.05) is 0 Å². The molecule has 1 saturated heterocycles. The molecule has 1 aliphatic heterocycles. The summed E-state index contributed by atoms with van der Waals surface area (Å²) < 4.78 is 0. The Hall–Kier alpha value is -0.800. The average Bonchev–Trinajstić information content (AvgIpc) is 2.40. The molecule has 104 valence electrons. The van der Waals surface area contributed by atoms with Crippen molar-refractivity contribution >= 4 is 35.6 Å². The van der Waals surface area contributed by atoms with E-state index in [9.17, 15) is 0 Å². The maximum absolute atomic E-state index is 3.39. The van der Waals surface area contributed by atoms with Gasteiger partial charge in [-0.3, -0.25) is 4.90 Å². The molecule has 19 heavy (non-hydrogen) atoms. The molecular formula is C15H20Cl2N2. The van der Waals surface area contributed by atoms with Gasteiger partial charge in [0.25, 0.3) is 0 Å². The molecule has 1 heterocycles. The quantitative estimate of drug-likeness (QED) is 0.917. The van der Waals surface area contributed by atoms with E-state index in [1.54, 1.807) is 0 Å². The van der Waals surface area contributed by atoms with Gasteiger partial charge in [0, 0.05) is 32.7 Å². The van der Waals surface area contributed by atoms with Gasteiger partial charge in [0.15, 0.2) is 0 Å². The number of piperazine rings is 1. The van der Waals surface area contributed by atoms with Crippen LogP contribution in [0.25, 0.3) is 10.8 Å². The maximum Gasteiger partial charge on any atom is 0.0235 e. The molecule has 0 atom stereocenters. The zero-order valence-corrected chi connectivity index (χ0v) is 12.5. The second-order valence-corrected chi connectivity index (χ2v) is 4.71. The largest absolute Gasteiger partial charge is 0.314 e. The van der Waals surface area contributed by atoms with Crippen LogP contribution >= 0.6 is 24.8 Å². The highest BCUT2D eigenvalue weighted by Gasteiger charge is 2.09. The van der Waals surface area contributed by atoms with Crippen LogP contribution in [0.15, 0.2) is 42.5 Å². The smallest absolute Gasteiger partial charge is 0.0235 e. The van der Waals surface area contributed by atoms with E-state index in [1.165, 1.54) is 16.3 Å². The van der Waals surface area contributed by atoms with Crippen LogP contribution < -0.4 is 5.32 Å². The summed E-state index contributed by atoms with van der Waals surface area (Å²) in [5.41, 5.74) is 1.42. The van der Waals surface area contributed by atoms with E-state index < -0.39 is 0 Å². The molecule has 0 aliphatic carbocycles. The van der Waals surface area contributed by atoms with Gasteiger partial charge in [0.1, 0.15) is 0 Å². The lowest BCUT2D eigenvalue weighted by Gasteiger charge is -2.27. The van der Waals surface area contributed by atoms with Crippen molar-refractivity contribution in [3.05, 3.63) is 48.0 Å². The Morgan fingerprint density at radius 3 is 2.32 bits per heavy atom. The van der Waals surface area contributed by atoms with Crippen LogP contribution in [-0.2, 0) is 6.54 Å². The Labute approximate surface area is 127 Å². The first-order valence-electron chi connectivity index (χ1n) is 6.32. The van der Waals surface area contributed by atoms with Crippen LogP contribution in [0.4, 0.5) is 0 Å². The van der Waals surface area contributed by atoms with Gasteiger partial charge >= 0.3 is 0 Å². The molecule has 1 N–H and O–H groups in total. The number of benzene rings is 2. The van der Waals surface area contributed by atoms with Crippen molar-refractivity contribution in [1.82, 2.24) is 10.2 Å². The second kappa shape index (κ2) is 7.71. The SMILES string of the molecule is Cl.Cl.c1ccc2cc(CN3CCNCC3)ccc2c1. The van der Waals surface area contributed by atoms with Gasteiger partial charge in [0.05, 0.1) is 0 Å². The average molecular weight is 299 g/mol. The number of hydrogen-bond donors (Lipinski definition) is 1. The minimum Gasteiger partial charge on any atom is -0.314 e. The fraction of sp³-hybridized carbons (Fsp3) is 0.333. The normalized spacial score (nSPS) is 15.6. The first kappa shape index (κ1) is 16.3. The van der Waals surface area contributed by atoms with Crippen LogP contribution in [-0.4, -0.2) is 31.1 Å². The number of halogens is 2. The van der Waals surface area contributed by atoms with Gasteiger partial charge in [-0.15, -0.1) is 24.8 Å². The Morgan fingerprint density at radius 2 is 1.58 bits per heavy atom. The molecule has 3 rings (SSSR count). The van der Waals surface area contributed by atoms with Crippen LogP contribution in [0.5, 0.6) is 0 Å². The Kier molecular flexibility index (Phi) is 6.59. The number of nitrogens with one attached hydrogen (secondary N) is 1. The van der Waals surface area contributed by atoms with Gasteiger partial charge in [-0.05, 0) is 22.4 Å². The third kappa shape index (κ3) is 4.08. The van der Waals surface area contributed by atoms with Crippen LogP contribution in [0.2, 0.25) is 0 Å². The van der Waals surface area contributed by atoms with Crippen molar-refractivity contribution in [2.45, 2.75) is 6.54 Å². The Bertz CT molecular complexity index is 510. The van der Waals surface area contributed by atoms with Crippen LogP contribution in [0, 0.1) is 0 Å². The molecule has 0 bridgehead atoms. The Balaban J connectivity index is 0.000000902. The monoisotopic (exact) mass is 298 g/mol. The predicted molar refractivity (Wildman–Crippen MR) is 86.6 cm³/mol. The van der Waals surface area contributed by atoms with E-state index in [2.05, 4.69) is 52.7 Å². The Morgan fingerprint density at radius 1 is 0.895 bits per heavy atom. The molecule has 0 aromatic heterocycles. The van der Waals surface area contributed by atoms with E-state index in [-0.39, 0.29) is 24.8 Å². The second-order valence-electron chi connectivity index (χ2n) is 4.71. The number of rotatable bonds is 2. The lowest BCUT2D eigenvalue weighted by atomic mass is 10.1. The molecule has 2 nitrogen and oxygen atoms in total. The highest BCUT2D eigenvalue weighted by molar-refractivity contribution is 5.85. The molecule has 4 heteroatoms. The third-order valence-electron chi connectivity index (χ3n) is 3.43. The van der Waals surface area contributed by atoms with Crippen molar-refractivity contribution in [1.29, 1.82) is 0 Å². The fourth-order valence-corrected chi connectivity index (χ4v) is 2.46. The molecule has 2 aromatic rings. The van der Waals surface area contributed by atoms with Crippen LogP contribution in [0.1, 0.15) is 5.56 Å². The minimum absolute atomic E-state index is 0.